The lowest BCUT2D eigenvalue weighted by molar-refractivity contribution is 0.174. The highest BCUT2D eigenvalue weighted by Crippen LogP contribution is 2.38. The van der Waals surface area contributed by atoms with Crippen molar-refractivity contribution in [1.82, 2.24) is 4.98 Å². The smallest absolute Gasteiger partial charge is 0.231 e. The first-order valence-corrected chi connectivity index (χ1v) is 8.42. The van der Waals surface area contributed by atoms with E-state index in [0.29, 0.717) is 50.1 Å². The van der Waals surface area contributed by atoms with Crippen LogP contribution in [0.3, 0.4) is 0 Å². The number of ether oxygens (including phenoxy) is 3. The number of hydrogen-bond acceptors (Lipinski definition) is 6. The lowest BCUT2D eigenvalue weighted by Gasteiger charge is -2.11. The monoisotopic (exact) mass is 372 g/mol. The van der Waals surface area contributed by atoms with Crippen molar-refractivity contribution >= 4 is 18.5 Å². The van der Waals surface area contributed by atoms with Gasteiger partial charge in [-0.05, 0) is 35.1 Å². The zero-order chi connectivity index (χ0) is 20.0. The van der Waals surface area contributed by atoms with Crippen molar-refractivity contribution in [2.75, 3.05) is 19.6 Å². The summed E-state index contributed by atoms with van der Waals surface area (Å²) in [5.41, 5.74) is 9.42. The summed E-state index contributed by atoms with van der Waals surface area (Å²) in [7, 11) is 1.57. The number of benzene rings is 1. The number of nitrogens with zero attached hydrogens (tertiary/aromatic N) is 2. The van der Waals surface area contributed by atoms with Gasteiger partial charge < -0.3 is 24.9 Å². The highest BCUT2D eigenvalue weighted by atomic mass is 16.7. The zero-order valence-electron chi connectivity index (χ0n) is 15.3. The van der Waals surface area contributed by atoms with Crippen molar-refractivity contribution in [3.8, 4) is 40.6 Å². The molecule has 7 heteroatoms. The summed E-state index contributed by atoms with van der Waals surface area (Å²) >= 11 is 0. The van der Waals surface area contributed by atoms with E-state index >= 15 is 0 Å². The van der Waals surface area contributed by atoms with Gasteiger partial charge in [0.05, 0.1) is 23.9 Å². The fourth-order valence-electron chi connectivity index (χ4n) is 3.55. The third-order valence-electron chi connectivity index (χ3n) is 4.92. The van der Waals surface area contributed by atoms with E-state index in [1.807, 2.05) is 12.1 Å². The molecule has 2 aliphatic heterocycles. The van der Waals surface area contributed by atoms with Crippen LogP contribution in [0.15, 0.2) is 12.1 Å². The number of H-pyrrole nitrogens is 1. The molecule has 0 aromatic heterocycles. The van der Waals surface area contributed by atoms with Gasteiger partial charge in [-0.3, -0.25) is 0 Å². The molecule has 2 heterocycles. The van der Waals surface area contributed by atoms with Crippen LogP contribution in [0.1, 0.15) is 22.3 Å². The molecule has 3 aliphatic rings. The van der Waals surface area contributed by atoms with Gasteiger partial charge >= 0.3 is 0 Å². The highest BCUT2D eigenvalue weighted by molar-refractivity contribution is 5.82. The molecule has 0 saturated heterocycles. The summed E-state index contributed by atoms with van der Waals surface area (Å²) in [5.74, 6) is 2.03. The third-order valence-corrected chi connectivity index (χ3v) is 4.92. The van der Waals surface area contributed by atoms with Crippen LogP contribution >= 0.6 is 0 Å². The molecule has 0 unspecified atom stereocenters. The second kappa shape index (κ2) is 6.26. The fraction of sp³-hybridized carbons (Fsp3) is 0.143. The maximum Gasteiger partial charge on any atom is 0.231 e. The molecule has 0 saturated carbocycles. The Labute approximate surface area is 160 Å². The topological polar surface area (TPSA) is 117 Å². The standard InChI is InChI=1S/C21H16N4O3/c1-10-13(4-12-5-17-18(28-9-27-17)6-16(12)26-3)19-11(2)15(8-23)21(24)25-20(19)14(10)7-22/h4-6,25H,1,9,24H2,2-3H3/b13-4-. The number of pyridine rings is 1. The van der Waals surface area contributed by atoms with Crippen LogP contribution in [0, 0.1) is 29.6 Å². The second-order valence-electron chi connectivity index (χ2n) is 6.37. The minimum atomic E-state index is 0.152. The Morgan fingerprint density at radius 3 is 2.54 bits per heavy atom. The largest absolute Gasteiger partial charge is 0.496 e. The van der Waals surface area contributed by atoms with E-state index in [0.717, 1.165) is 11.1 Å². The Kier molecular flexibility index (Phi) is 3.87. The van der Waals surface area contributed by atoms with Gasteiger partial charge in [0.15, 0.2) is 11.5 Å². The molecule has 3 N–H and O–H groups in total. The first-order chi connectivity index (χ1) is 13.5. The van der Waals surface area contributed by atoms with Gasteiger partial charge in [0.1, 0.15) is 23.7 Å². The summed E-state index contributed by atoms with van der Waals surface area (Å²) in [4.78, 5) is 2.98. The van der Waals surface area contributed by atoms with Gasteiger partial charge in [0.25, 0.3) is 0 Å². The molecule has 28 heavy (non-hydrogen) atoms. The fourth-order valence-corrected chi connectivity index (χ4v) is 3.55. The van der Waals surface area contributed by atoms with E-state index < -0.39 is 0 Å². The average Bonchev–Trinajstić information content (AvgIpc) is 3.23. The van der Waals surface area contributed by atoms with Crippen molar-refractivity contribution in [1.29, 1.82) is 10.5 Å². The molecule has 0 amide bonds. The minimum Gasteiger partial charge on any atom is -0.496 e. The maximum absolute atomic E-state index is 9.64. The third kappa shape index (κ3) is 2.34. The molecule has 0 atom stereocenters. The lowest BCUT2D eigenvalue weighted by atomic mass is 10.0. The quantitative estimate of drug-likeness (QED) is 0.707. The van der Waals surface area contributed by atoms with Crippen LogP contribution in [0.2, 0.25) is 0 Å². The summed E-state index contributed by atoms with van der Waals surface area (Å²) in [6.07, 6.45) is 1.87. The van der Waals surface area contributed by atoms with Crippen molar-refractivity contribution in [2.45, 2.75) is 6.92 Å². The van der Waals surface area contributed by atoms with E-state index in [2.05, 4.69) is 23.7 Å². The van der Waals surface area contributed by atoms with Crippen LogP contribution in [-0.4, -0.2) is 18.9 Å². The first kappa shape index (κ1) is 17.3. The van der Waals surface area contributed by atoms with E-state index in [4.69, 9.17) is 19.9 Å². The number of aromatic nitrogens is 1. The number of methoxy groups -OCH3 is 1. The SMILES string of the molecule is C=c1c(C#N)c2[nH]c(N)c(C#N)c(C)c-2/c1=C\c1cc2c(cc1OC)OCO2. The minimum absolute atomic E-state index is 0.152. The molecule has 0 fully saturated rings. The molecule has 4 rings (SSSR count). The Morgan fingerprint density at radius 1 is 1.21 bits per heavy atom. The van der Waals surface area contributed by atoms with Crippen molar-refractivity contribution in [2.24, 2.45) is 0 Å². The molecule has 7 nitrogen and oxygen atoms in total. The van der Waals surface area contributed by atoms with Gasteiger partial charge in [0, 0.05) is 17.2 Å². The lowest BCUT2D eigenvalue weighted by Crippen LogP contribution is -2.22. The molecule has 0 bridgehead atoms. The summed E-state index contributed by atoms with van der Waals surface area (Å²) in [5, 5.41) is 20.4. The van der Waals surface area contributed by atoms with Gasteiger partial charge in [-0.15, -0.1) is 0 Å². The predicted octanol–water partition coefficient (Wildman–Crippen LogP) is 1.73. The zero-order valence-corrected chi connectivity index (χ0v) is 15.3. The molecule has 1 aromatic carbocycles. The van der Waals surface area contributed by atoms with Crippen LogP contribution in [-0.2, 0) is 0 Å². The number of aromatic amines is 1. The molecule has 1 aliphatic carbocycles. The summed E-state index contributed by atoms with van der Waals surface area (Å²) in [6, 6.07) is 7.86. The van der Waals surface area contributed by atoms with E-state index in [9.17, 15) is 10.5 Å². The molecule has 0 radical (unpaired) electrons. The predicted molar refractivity (Wildman–Crippen MR) is 103 cm³/mol. The number of rotatable bonds is 2. The number of nitriles is 2. The van der Waals surface area contributed by atoms with Crippen molar-refractivity contribution in [3.63, 3.8) is 0 Å². The normalized spacial score (nSPS) is 12.8. The molecular formula is C21H16N4O3. The molecule has 138 valence electrons. The number of nitrogen functional groups attached to an aromatic ring is 1. The van der Waals surface area contributed by atoms with Gasteiger partial charge in [-0.1, -0.05) is 6.58 Å². The Morgan fingerprint density at radius 2 is 1.89 bits per heavy atom. The van der Waals surface area contributed by atoms with Crippen LogP contribution in [0.4, 0.5) is 5.82 Å². The Balaban J connectivity index is 2.11. The number of nitrogens with one attached hydrogen (secondary N) is 1. The molecular weight excluding hydrogens is 356 g/mol. The van der Waals surface area contributed by atoms with Crippen molar-refractivity contribution < 1.29 is 14.2 Å². The Hall–Kier alpha value is -4.10. The number of nitrogens with two attached hydrogens (primary N) is 1. The van der Waals surface area contributed by atoms with Crippen LogP contribution in [0.25, 0.3) is 23.9 Å². The first-order valence-electron chi connectivity index (χ1n) is 8.42. The number of anilines is 1. The van der Waals surface area contributed by atoms with E-state index in [1.165, 1.54) is 0 Å². The van der Waals surface area contributed by atoms with Gasteiger partial charge in [0.2, 0.25) is 6.79 Å². The average molecular weight is 372 g/mol. The van der Waals surface area contributed by atoms with Crippen molar-refractivity contribution in [3.05, 3.63) is 44.8 Å². The van der Waals surface area contributed by atoms with E-state index in [-0.39, 0.29) is 12.6 Å². The van der Waals surface area contributed by atoms with Gasteiger partial charge in [-0.2, -0.15) is 10.5 Å². The van der Waals surface area contributed by atoms with Crippen LogP contribution < -0.4 is 30.4 Å². The molecule has 1 aromatic rings. The molecule has 0 spiro atoms. The van der Waals surface area contributed by atoms with Gasteiger partial charge in [-0.25, -0.2) is 0 Å². The summed E-state index contributed by atoms with van der Waals surface area (Å²) < 4.78 is 16.4. The van der Waals surface area contributed by atoms with E-state index in [1.54, 1.807) is 20.1 Å². The summed E-state index contributed by atoms with van der Waals surface area (Å²) in [6.45, 7) is 6.04. The van der Waals surface area contributed by atoms with Crippen LogP contribution in [0.5, 0.6) is 17.2 Å². The Bertz CT molecular complexity index is 1290. The second-order valence-corrected chi connectivity index (χ2v) is 6.37. The highest BCUT2D eigenvalue weighted by Gasteiger charge is 2.22. The maximum atomic E-state index is 9.64. The number of hydrogen-bond donors (Lipinski definition) is 2. The number of fused-ring (bicyclic) bond motifs is 2.